The van der Waals surface area contributed by atoms with Gasteiger partial charge in [0.15, 0.2) is 0 Å². The third-order valence-electron chi connectivity index (χ3n) is 3.06. The molecule has 17 heavy (non-hydrogen) atoms. The van der Waals surface area contributed by atoms with E-state index in [4.69, 9.17) is 4.74 Å². The molecule has 1 fully saturated rings. The first-order valence-corrected chi connectivity index (χ1v) is 5.66. The van der Waals surface area contributed by atoms with Crippen LogP contribution in [0.15, 0.2) is 24.3 Å². The van der Waals surface area contributed by atoms with Gasteiger partial charge < -0.3 is 14.6 Å². The molecule has 1 heterocycles. The molecule has 1 N–H and O–H groups in total. The van der Waals surface area contributed by atoms with Crippen molar-refractivity contribution < 1.29 is 19.4 Å². The van der Waals surface area contributed by atoms with Gasteiger partial charge in [0.1, 0.15) is 0 Å². The standard InChI is InChI=1S/C13H16O4/c1-16-13(15)10-4-2-3-9(7-10)12(14)11-5-6-17-8-11/h2-4,7,11-12,14H,5-6,8H2,1H3. The van der Waals surface area contributed by atoms with Crippen molar-refractivity contribution in [1.29, 1.82) is 0 Å². The largest absolute Gasteiger partial charge is 0.465 e. The van der Waals surface area contributed by atoms with Gasteiger partial charge >= 0.3 is 5.97 Å². The summed E-state index contributed by atoms with van der Waals surface area (Å²) in [5, 5.41) is 10.2. The molecule has 0 aliphatic carbocycles. The molecule has 1 aromatic carbocycles. The number of esters is 1. The third-order valence-corrected chi connectivity index (χ3v) is 3.06. The van der Waals surface area contributed by atoms with Crippen LogP contribution >= 0.6 is 0 Å². The van der Waals surface area contributed by atoms with Gasteiger partial charge in [0.25, 0.3) is 0 Å². The Morgan fingerprint density at radius 3 is 3.06 bits per heavy atom. The molecule has 1 aromatic rings. The highest BCUT2D eigenvalue weighted by Gasteiger charge is 2.25. The van der Waals surface area contributed by atoms with E-state index in [1.165, 1.54) is 7.11 Å². The number of hydrogen-bond acceptors (Lipinski definition) is 4. The number of aliphatic hydroxyl groups is 1. The Balaban J connectivity index is 2.17. The summed E-state index contributed by atoms with van der Waals surface area (Å²) >= 11 is 0. The molecular weight excluding hydrogens is 220 g/mol. The SMILES string of the molecule is COC(=O)c1cccc(C(O)C2CCOC2)c1. The predicted molar refractivity (Wildman–Crippen MR) is 61.7 cm³/mol. The van der Waals surface area contributed by atoms with Crippen molar-refractivity contribution in [2.24, 2.45) is 5.92 Å². The van der Waals surface area contributed by atoms with Crippen LogP contribution in [0.1, 0.15) is 28.4 Å². The first-order valence-electron chi connectivity index (χ1n) is 5.66. The van der Waals surface area contributed by atoms with Gasteiger partial charge in [-0.15, -0.1) is 0 Å². The van der Waals surface area contributed by atoms with E-state index in [1.54, 1.807) is 18.2 Å². The van der Waals surface area contributed by atoms with Gasteiger partial charge in [-0.3, -0.25) is 0 Å². The van der Waals surface area contributed by atoms with Crippen molar-refractivity contribution in [3.63, 3.8) is 0 Å². The predicted octanol–water partition coefficient (Wildman–Crippen LogP) is 1.54. The van der Waals surface area contributed by atoms with Crippen molar-refractivity contribution in [2.45, 2.75) is 12.5 Å². The van der Waals surface area contributed by atoms with Gasteiger partial charge in [-0.25, -0.2) is 4.79 Å². The summed E-state index contributed by atoms with van der Waals surface area (Å²) in [6.07, 6.45) is 0.269. The highest BCUT2D eigenvalue weighted by molar-refractivity contribution is 5.89. The van der Waals surface area contributed by atoms with E-state index in [-0.39, 0.29) is 11.9 Å². The van der Waals surface area contributed by atoms with Crippen LogP contribution in [-0.2, 0) is 9.47 Å². The second-order valence-corrected chi connectivity index (χ2v) is 4.19. The Morgan fingerprint density at radius 1 is 1.59 bits per heavy atom. The molecule has 1 aliphatic rings. The van der Waals surface area contributed by atoms with Gasteiger partial charge in [-0.2, -0.15) is 0 Å². The van der Waals surface area contributed by atoms with Crippen LogP contribution in [0.25, 0.3) is 0 Å². The highest BCUT2D eigenvalue weighted by atomic mass is 16.5. The first kappa shape index (κ1) is 12.1. The Morgan fingerprint density at radius 2 is 2.41 bits per heavy atom. The Bertz CT molecular complexity index is 396. The highest BCUT2D eigenvalue weighted by Crippen LogP contribution is 2.28. The van der Waals surface area contributed by atoms with E-state index in [1.807, 2.05) is 6.07 Å². The van der Waals surface area contributed by atoms with Crippen LogP contribution in [-0.4, -0.2) is 31.4 Å². The lowest BCUT2D eigenvalue weighted by Crippen LogP contribution is -2.13. The number of hydrogen-bond donors (Lipinski definition) is 1. The van der Waals surface area contributed by atoms with Crippen LogP contribution < -0.4 is 0 Å². The maximum atomic E-state index is 11.4. The molecule has 0 radical (unpaired) electrons. The normalized spacial score (nSPS) is 21.2. The molecule has 2 rings (SSSR count). The molecule has 92 valence electrons. The fourth-order valence-corrected chi connectivity index (χ4v) is 2.04. The average molecular weight is 236 g/mol. The van der Waals surface area contributed by atoms with Crippen molar-refractivity contribution in [2.75, 3.05) is 20.3 Å². The summed E-state index contributed by atoms with van der Waals surface area (Å²) in [4.78, 5) is 11.4. The molecular formula is C13H16O4. The molecule has 0 spiro atoms. The number of carbonyl (C=O) groups is 1. The van der Waals surface area contributed by atoms with E-state index in [9.17, 15) is 9.90 Å². The smallest absolute Gasteiger partial charge is 0.337 e. The topological polar surface area (TPSA) is 55.8 Å². The van der Waals surface area contributed by atoms with Crippen molar-refractivity contribution in [3.05, 3.63) is 35.4 Å². The van der Waals surface area contributed by atoms with Gasteiger partial charge in [-0.1, -0.05) is 12.1 Å². The Kier molecular flexibility index (Phi) is 3.76. The fraction of sp³-hybridized carbons (Fsp3) is 0.462. The number of aliphatic hydroxyl groups excluding tert-OH is 1. The summed E-state index contributed by atoms with van der Waals surface area (Å²) in [7, 11) is 1.34. The monoisotopic (exact) mass is 236 g/mol. The minimum absolute atomic E-state index is 0.114. The van der Waals surface area contributed by atoms with Crippen molar-refractivity contribution in [1.82, 2.24) is 0 Å². The summed E-state index contributed by atoms with van der Waals surface area (Å²) in [6.45, 7) is 1.27. The minimum Gasteiger partial charge on any atom is -0.465 e. The summed E-state index contributed by atoms with van der Waals surface area (Å²) < 4.78 is 9.90. The zero-order chi connectivity index (χ0) is 12.3. The number of methoxy groups -OCH3 is 1. The molecule has 0 bridgehead atoms. The van der Waals surface area contributed by atoms with E-state index in [0.29, 0.717) is 18.8 Å². The molecule has 1 aliphatic heterocycles. The molecule has 0 saturated carbocycles. The quantitative estimate of drug-likeness (QED) is 0.809. The average Bonchev–Trinajstić information content (AvgIpc) is 2.91. The lowest BCUT2D eigenvalue weighted by atomic mass is 9.94. The first-order chi connectivity index (χ1) is 8.22. The molecule has 4 nitrogen and oxygen atoms in total. The molecule has 1 saturated heterocycles. The van der Waals surface area contributed by atoms with Gasteiger partial charge in [0, 0.05) is 12.5 Å². The second kappa shape index (κ2) is 5.29. The van der Waals surface area contributed by atoms with E-state index < -0.39 is 6.10 Å². The maximum Gasteiger partial charge on any atom is 0.337 e. The van der Waals surface area contributed by atoms with Gasteiger partial charge in [0.05, 0.1) is 25.4 Å². The minimum atomic E-state index is -0.581. The van der Waals surface area contributed by atoms with E-state index in [2.05, 4.69) is 4.74 Å². The van der Waals surface area contributed by atoms with Crippen LogP contribution in [0.2, 0.25) is 0 Å². The second-order valence-electron chi connectivity index (χ2n) is 4.19. The molecule has 2 unspecified atom stereocenters. The van der Waals surface area contributed by atoms with Crippen LogP contribution in [0.5, 0.6) is 0 Å². The number of ether oxygens (including phenoxy) is 2. The molecule has 0 aromatic heterocycles. The maximum absolute atomic E-state index is 11.4. The Hall–Kier alpha value is -1.39. The lowest BCUT2D eigenvalue weighted by molar-refractivity contribution is 0.0599. The third kappa shape index (κ3) is 2.65. The summed E-state index contributed by atoms with van der Waals surface area (Å²) in [5.41, 5.74) is 1.20. The van der Waals surface area contributed by atoms with Crippen molar-refractivity contribution in [3.8, 4) is 0 Å². The number of benzene rings is 1. The summed E-state index contributed by atoms with van der Waals surface area (Å²) in [5.74, 6) is -0.274. The van der Waals surface area contributed by atoms with E-state index >= 15 is 0 Å². The van der Waals surface area contributed by atoms with Crippen LogP contribution in [0.3, 0.4) is 0 Å². The zero-order valence-corrected chi connectivity index (χ0v) is 9.76. The Labute approximate surface area is 100 Å². The lowest BCUT2D eigenvalue weighted by Gasteiger charge is -2.17. The van der Waals surface area contributed by atoms with Gasteiger partial charge in [-0.05, 0) is 24.1 Å². The van der Waals surface area contributed by atoms with E-state index in [0.717, 1.165) is 12.0 Å². The number of carbonyl (C=O) groups excluding carboxylic acids is 1. The number of rotatable bonds is 3. The molecule has 0 amide bonds. The zero-order valence-electron chi connectivity index (χ0n) is 9.76. The fourth-order valence-electron chi connectivity index (χ4n) is 2.04. The van der Waals surface area contributed by atoms with Crippen LogP contribution in [0.4, 0.5) is 0 Å². The van der Waals surface area contributed by atoms with Gasteiger partial charge in [0.2, 0.25) is 0 Å². The molecule has 4 heteroatoms. The molecule has 2 atom stereocenters. The summed E-state index contributed by atoms with van der Waals surface area (Å²) in [6, 6.07) is 6.91. The van der Waals surface area contributed by atoms with Crippen LogP contribution in [0, 0.1) is 5.92 Å². The van der Waals surface area contributed by atoms with Crippen molar-refractivity contribution >= 4 is 5.97 Å².